The maximum Gasteiger partial charge on any atom is 0.247 e. The minimum atomic E-state index is -3.68. The third kappa shape index (κ3) is 5.58. The second-order valence-electron chi connectivity index (χ2n) is 6.93. The summed E-state index contributed by atoms with van der Waals surface area (Å²) in [5.74, 6) is -0.433. The summed E-state index contributed by atoms with van der Waals surface area (Å²) in [4.78, 5) is 16.8. The van der Waals surface area contributed by atoms with Crippen LogP contribution in [-0.2, 0) is 21.2 Å². The summed E-state index contributed by atoms with van der Waals surface area (Å²) in [6.07, 6.45) is 5.32. The number of halogens is 1. The van der Waals surface area contributed by atoms with E-state index in [1.807, 2.05) is 24.3 Å². The maximum absolute atomic E-state index is 12.8. The molecule has 30 heavy (non-hydrogen) atoms. The minimum absolute atomic E-state index is 0.372. The number of carbonyl (C=O) groups is 1. The predicted octanol–water partition coefficient (Wildman–Crippen LogP) is 4.12. The van der Waals surface area contributed by atoms with Gasteiger partial charge in [-0.2, -0.15) is 0 Å². The Bertz CT molecular complexity index is 1100. The van der Waals surface area contributed by atoms with E-state index >= 15 is 0 Å². The van der Waals surface area contributed by atoms with Crippen LogP contribution in [0.2, 0.25) is 5.02 Å². The number of carbonyl (C=O) groups excluding carboxylic acids is 1. The Labute approximate surface area is 181 Å². The number of rotatable bonds is 7. The molecule has 0 aliphatic heterocycles. The Kier molecular flexibility index (Phi) is 6.74. The third-order valence-corrected chi connectivity index (χ3v) is 6.04. The van der Waals surface area contributed by atoms with Crippen LogP contribution >= 0.6 is 11.6 Å². The van der Waals surface area contributed by atoms with Gasteiger partial charge in [0.25, 0.3) is 0 Å². The van der Waals surface area contributed by atoms with Crippen molar-refractivity contribution in [1.82, 2.24) is 4.98 Å². The molecule has 2 aromatic carbocycles. The monoisotopic (exact) mass is 443 g/mol. The number of sulfonamides is 1. The summed E-state index contributed by atoms with van der Waals surface area (Å²) in [6, 6.07) is 16.7. The van der Waals surface area contributed by atoms with Gasteiger partial charge in [-0.25, -0.2) is 8.42 Å². The van der Waals surface area contributed by atoms with E-state index in [4.69, 9.17) is 11.6 Å². The van der Waals surface area contributed by atoms with Gasteiger partial charge >= 0.3 is 0 Å². The van der Waals surface area contributed by atoms with Crippen LogP contribution in [0.25, 0.3) is 0 Å². The van der Waals surface area contributed by atoms with E-state index in [1.165, 1.54) is 0 Å². The molecule has 1 atom stereocenters. The number of benzene rings is 2. The Balaban J connectivity index is 1.72. The van der Waals surface area contributed by atoms with Crippen LogP contribution in [0.4, 0.5) is 11.4 Å². The minimum Gasteiger partial charge on any atom is -0.324 e. The molecule has 3 aromatic rings. The highest BCUT2D eigenvalue weighted by molar-refractivity contribution is 7.92. The Morgan fingerprint density at radius 2 is 1.57 bits per heavy atom. The predicted molar refractivity (Wildman–Crippen MR) is 120 cm³/mol. The zero-order valence-electron chi connectivity index (χ0n) is 16.6. The topological polar surface area (TPSA) is 79.4 Å². The fraction of sp³-hybridized carbons (Fsp3) is 0.182. The van der Waals surface area contributed by atoms with Crippen LogP contribution in [0.1, 0.15) is 18.1 Å². The lowest BCUT2D eigenvalue weighted by Gasteiger charge is -2.28. The summed E-state index contributed by atoms with van der Waals surface area (Å²) in [6.45, 7) is 1.54. The van der Waals surface area contributed by atoms with E-state index in [2.05, 4.69) is 10.3 Å². The first-order chi connectivity index (χ1) is 14.2. The van der Waals surface area contributed by atoms with Gasteiger partial charge in [-0.15, -0.1) is 0 Å². The van der Waals surface area contributed by atoms with Crippen molar-refractivity contribution in [3.8, 4) is 0 Å². The summed E-state index contributed by atoms with van der Waals surface area (Å²) in [7, 11) is -3.68. The Morgan fingerprint density at radius 3 is 2.13 bits per heavy atom. The van der Waals surface area contributed by atoms with Crippen LogP contribution in [0.15, 0.2) is 73.1 Å². The van der Waals surface area contributed by atoms with Gasteiger partial charge in [0, 0.05) is 23.1 Å². The van der Waals surface area contributed by atoms with Gasteiger partial charge in [0.15, 0.2) is 0 Å². The molecule has 1 N–H and O–H groups in total. The number of nitrogens with zero attached hydrogens (tertiary/aromatic N) is 2. The molecular formula is C22H22ClN3O3S. The molecule has 0 spiro atoms. The van der Waals surface area contributed by atoms with Crippen LogP contribution in [0.3, 0.4) is 0 Å². The van der Waals surface area contributed by atoms with Crippen LogP contribution < -0.4 is 9.62 Å². The summed E-state index contributed by atoms with van der Waals surface area (Å²) < 4.78 is 25.8. The standard InChI is InChI=1S/C22H22ClN3O3S/c1-16(26(30(2,28)29)21-9-5-19(23)6-10-21)22(27)25-20-7-3-17(4-8-20)15-18-11-13-24-14-12-18/h3-14,16H,15H2,1-2H3,(H,25,27). The molecule has 1 amide bonds. The van der Waals surface area contributed by atoms with Crippen LogP contribution in [-0.4, -0.2) is 31.6 Å². The van der Waals surface area contributed by atoms with Gasteiger partial charge < -0.3 is 5.32 Å². The highest BCUT2D eigenvalue weighted by Gasteiger charge is 2.29. The fourth-order valence-electron chi connectivity index (χ4n) is 3.09. The summed E-state index contributed by atoms with van der Waals surface area (Å²) in [5.41, 5.74) is 3.19. The van der Waals surface area contributed by atoms with E-state index in [1.54, 1.807) is 55.7 Å². The van der Waals surface area contributed by atoms with Crippen molar-refractivity contribution in [1.29, 1.82) is 0 Å². The van der Waals surface area contributed by atoms with E-state index in [9.17, 15) is 13.2 Å². The normalized spacial score (nSPS) is 12.2. The molecule has 0 bridgehead atoms. The highest BCUT2D eigenvalue weighted by Crippen LogP contribution is 2.24. The number of nitrogens with one attached hydrogen (secondary N) is 1. The first-order valence-electron chi connectivity index (χ1n) is 9.28. The zero-order valence-corrected chi connectivity index (χ0v) is 18.2. The molecule has 1 unspecified atom stereocenters. The molecule has 1 aromatic heterocycles. The second kappa shape index (κ2) is 9.28. The number of anilines is 2. The van der Waals surface area contributed by atoms with E-state index in [0.29, 0.717) is 16.4 Å². The molecule has 0 aliphatic carbocycles. The van der Waals surface area contributed by atoms with Crippen molar-refractivity contribution in [3.63, 3.8) is 0 Å². The molecule has 0 saturated heterocycles. The number of pyridine rings is 1. The maximum atomic E-state index is 12.8. The first kappa shape index (κ1) is 21.8. The molecule has 1 heterocycles. The number of aromatic nitrogens is 1. The fourth-order valence-corrected chi connectivity index (χ4v) is 4.39. The summed E-state index contributed by atoms with van der Waals surface area (Å²) in [5, 5.41) is 3.27. The van der Waals surface area contributed by atoms with Crippen LogP contribution in [0, 0.1) is 0 Å². The molecule has 0 radical (unpaired) electrons. The number of amides is 1. The number of hydrogen-bond acceptors (Lipinski definition) is 4. The SMILES string of the molecule is CC(C(=O)Nc1ccc(Cc2ccncc2)cc1)N(c1ccc(Cl)cc1)S(C)(=O)=O. The molecule has 3 rings (SSSR count). The van der Waals surface area contributed by atoms with Gasteiger partial charge in [-0.05, 0) is 73.0 Å². The Morgan fingerprint density at radius 1 is 1.00 bits per heavy atom. The van der Waals surface area contributed by atoms with E-state index < -0.39 is 22.0 Å². The summed E-state index contributed by atoms with van der Waals surface area (Å²) >= 11 is 5.89. The highest BCUT2D eigenvalue weighted by atomic mass is 35.5. The second-order valence-corrected chi connectivity index (χ2v) is 9.23. The van der Waals surface area contributed by atoms with Crippen molar-refractivity contribution in [2.45, 2.75) is 19.4 Å². The van der Waals surface area contributed by atoms with Gasteiger partial charge in [-0.1, -0.05) is 23.7 Å². The van der Waals surface area contributed by atoms with Gasteiger partial charge in [-0.3, -0.25) is 14.1 Å². The van der Waals surface area contributed by atoms with E-state index in [-0.39, 0.29) is 0 Å². The molecule has 0 fully saturated rings. The average molecular weight is 444 g/mol. The van der Waals surface area contributed by atoms with Crippen molar-refractivity contribution in [3.05, 3.63) is 89.2 Å². The first-order valence-corrected chi connectivity index (χ1v) is 11.5. The molecule has 8 heteroatoms. The lowest BCUT2D eigenvalue weighted by molar-refractivity contribution is -0.116. The van der Waals surface area contributed by atoms with E-state index in [0.717, 1.165) is 28.1 Å². The smallest absolute Gasteiger partial charge is 0.247 e. The Hall–Kier alpha value is -2.90. The lowest BCUT2D eigenvalue weighted by Crippen LogP contribution is -2.45. The molecule has 0 saturated carbocycles. The molecule has 0 aliphatic rings. The van der Waals surface area contributed by atoms with Gasteiger partial charge in [0.2, 0.25) is 15.9 Å². The van der Waals surface area contributed by atoms with Crippen molar-refractivity contribution < 1.29 is 13.2 Å². The third-order valence-electron chi connectivity index (χ3n) is 4.55. The molecule has 156 valence electrons. The average Bonchev–Trinajstić information content (AvgIpc) is 2.71. The molecule has 6 nitrogen and oxygen atoms in total. The largest absolute Gasteiger partial charge is 0.324 e. The van der Waals surface area contributed by atoms with Crippen molar-refractivity contribution >= 4 is 38.9 Å². The van der Waals surface area contributed by atoms with Crippen molar-refractivity contribution in [2.75, 3.05) is 15.9 Å². The zero-order chi connectivity index (χ0) is 21.7. The lowest BCUT2D eigenvalue weighted by atomic mass is 10.1. The number of hydrogen-bond donors (Lipinski definition) is 1. The van der Waals surface area contributed by atoms with Crippen LogP contribution in [0.5, 0.6) is 0 Å². The molecular weight excluding hydrogens is 422 g/mol. The van der Waals surface area contributed by atoms with Crippen molar-refractivity contribution in [2.24, 2.45) is 0 Å². The quantitative estimate of drug-likeness (QED) is 0.595. The van der Waals surface area contributed by atoms with Gasteiger partial charge in [0.1, 0.15) is 6.04 Å². The van der Waals surface area contributed by atoms with Gasteiger partial charge in [0.05, 0.1) is 11.9 Å².